The molecular formula is C13H16ClN3O3S. The van der Waals surface area contributed by atoms with E-state index in [1.807, 2.05) is 26.0 Å². The van der Waals surface area contributed by atoms with Gasteiger partial charge in [-0.05, 0) is 37.6 Å². The van der Waals surface area contributed by atoms with Crippen LogP contribution in [0.5, 0.6) is 5.75 Å². The van der Waals surface area contributed by atoms with E-state index in [-0.39, 0.29) is 5.16 Å². The first-order chi connectivity index (χ1) is 9.97. The molecule has 0 atom stereocenters. The molecule has 1 aromatic heterocycles. The molecule has 0 unspecified atom stereocenters. The number of hydrogen-bond donors (Lipinski definition) is 0. The molecule has 0 aliphatic carbocycles. The lowest BCUT2D eigenvalue weighted by molar-refractivity contribution is 0.340. The molecule has 0 aliphatic rings. The quantitative estimate of drug-likeness (QED) is 0.762. The smallest absolute Gasteiger partial charge is 0.296 e. The number of nitrogens with zero attached hydrogens (tertiary/aromatic N) is 3. The van der Waals surface area contributed by atoms with Crippen molar-refractivity contribution in [3.63, 3.8) is 0 Å². The highest BCUT2D eigenvalue weighted by Gasteiger charge is 2.22. The van der Waals surface area contributed by atoms with Gasteiger partial charge in [-0.15, -0.1) is 10.2 Å². The molecule has 0 N–H and O–H groups in total. The summed E-state index contributed by atoms with van der Waals surface area (Å²) >= 11 is 0. The second kappa shape index (κ2) is 6.44. The highest BCUT2D eigenvalue weighted by molar-refractivity contribution is 8.13. The third-order valence-corrected chi connectivity index (χ3v) is 3.96. The minimum Gasteiger partial charge on any atom is -0.494 e. The van der Waals surface area contributed by atoms with E-state index in [0.29, 0.717) is 19.0 Å². The molecule has 8 heteroatoms. The maximum Gasteiger partial charge on any atom is 0.296 e. The Labute approximate surface area is 128 Å². The van der Waals surface area contributed by atoms with Gasteiger partial charge in [0.25, 0.3) is 14.2 Å². The van der Waals surface area contributed by atoms with E-state index in [1.165, 1.54) is 4.57 Å². The van der Waals surface area contributed by atoms with Crippen molar-refractivity contribution in [2.75, 3.05) is 6.61 Å². The summed E-state index contributed by atoms with van der Waals surface area (Å²) in [5.41, 5.74) is 0.756. The van der Waals surface area contributed by atoms with Crippen molar-refractivity contribution in [1.82, 2.24) is 14.8 Å². The third-order valence-electron chi connectivity index (χ3n) is 2.81. The van der Waals surface area contributed by atoms with Gasteiger partial charge in [-0.3, -0.25) is 4.57 Å². The van der Waals surface area contributed by atoms with Crippen molar-refractivity contribution in [3.05, 3.63) is 24.3 Å². The minimum atomic E-state index is -3.92. The van der Waals surface area contributed by atoms with E-state index < -0.39 is 9.05 Å². The summed E-state index contributed by atoms with van der Waals surface area (Å²) in [6.07, 6.45) is 0.738. The molecule has 2 rings (SSSR count). The average Bonchev–Trinajstić information content (AvgIpc) is 2.84. The van der Waals surface area contributed by atoms with Gasteiger partial charge in [-0.1, -0.05) is 6.92 Å². The third kappa shape index (κ3) is 3.54. The largest absolute Gasteiger partial charge is 0.494 e. The van der Waals surface area contributed by atoms with E-state index in [1.54, 1.807) is 12.1 Å². The Morgan fingerprint density at radius 1 is 1.19 bits per heavy atom. The van der Waals surface area contributed by atoms with Crippen LogP contribution in [0.25, 0.3) is 11.4 Å². The maximum absolute atomic E-state index is 11.5. The molecule has 0 fully saturated rings. The average molecular weight is 330 g/mol. The summed E-state index contributed by atoms with van der Waals surface area (Å²) in [6, 6.07) is 7.23. The highest BCUT2D eigenvalue weighted by atomic mass is 35.7. The van der Waals surface area contributed by atoms with Gasteiger partial charge in [0.1, 0.15) is 5.75 Å². The second-order valence-corrected chi connectivity index (χ2v) is 6.81. The monoisotopic (exact) mass is 329 g/mol. The molecular weight excluding hydrogens is 314 g/mol. The molecule has 0 spiro atoms. The number of benzene rings is 1. The van der Waals surface area contributed by atoms with Crippen LogP contribution < -0.4 is 4.74 Å². The molecule has 6 nitrogen and oxygen atoms in total. The summed E-state index contributed by atoms with van der Waals surface area (Å²) in [6.45, 7) is 4.90. The molecule has 1 aromatic carbocycles. The summed E-state index contributed by atoms with van der Waals surface area (Å²) in [5.74, 6) is 1.21. The van der Waals surface area contributed by atoms with Gasteiger partial charge in [0.15, 0.2) is 5.82 Å². The van der Waals surface area contributed by atoms with Crippen molar-refractivity contribution in [1.29, 1.82) is 0 Å². The van der Waals surface area contributed by atoms with Gasteiger partial charge >= 0.3 is 0 Å². The molecule has 0 bridgehead atoms. The van der Waals surface area contributed by atoms with Crippen LogP contribution in [-0.4, -0.2) is 29.8 Å². The van der Waals surface area contributed by atoms with Gasteiger partial charge in [0, 0.05) is 22.8 Å². The zero-order chi connectivity index (χ0) is 15.5. The van der Waals surface area contributed by atoms with Crippen molar-refractivity contribution >= 4 is 19.7 Å². The highest BCUT2D eigenvalue weighted by Crippen LogP contribution is 2.24. The molecule has 1 heterocycles. The lowest BCUT2D eigenvalue weighted by Crippen LogP contribution is -2.07. The van der Waals surface area contributed by atoms with Crippen LogP contribution in [0.2, 0.25) is 0 Å². The lowest BCUT2D eigenvalue weighted by Gasteiger charge is -2.08. The Morgan fingerprint density at radius 3 is 2.38 bits per heavy atom. The van der Waals surface area contributed by atoms with Crippen LogP contribution >= 0.6 is 10.7 Å². The number of ether oxygens (including phenoxy) is 1. The first-order valence-corrected chi connectivity index (χ1v) is 8.89. The molecule has 0 saturated heterocycles. The SMILES string of the molecule is CCCn1c(-c2ccc(OCC)cc2)nnc1S(=O)(=O)Cl. The van der Waals surface area contributed by atoms with Crippen molar-refractivity contribution in [3.8, 4) is 17.1 Å². The Balaban J connectivity index is 2.46. The zero-order valence-corrected chi connectivity index (χ0v) is 13.4. The van der Waals surface area contributed by atoms with E-state index in [2.05, 4.69) is 10.2 Å². The Kier molecular flexibility index (Phi) is 4.84. The van der Waals surface area contributed by atoms with Crippen LogP contribution in [0.4, 0.5) is 0 Å². The summed E-state index contributed by atoms with van der Waals surface area (Å²) in [5, 5.41) is 7.43. The molecule has 0 radical (unpaired) electrons. The van der Waals surface area contributed by atoms with Gasteiger partial charge in [-0.25, -0.2) is 8.42 Å². The summed E-state index contributed by atoms with van der Waals surface area (Å²) in [4.78, 5) is 0. The first-order valence-electron chi connectivity index (χ1n) is 6.58. The predicted octanol–water partition coefficient (Wildman–Crippen LogP) is 2.68. The summed E-state index contributed by atoms with van der Waals surface area (Å²) in [7, 11) is 1.47. The summed E-state index contributed by atoms with van der Waals surface area (Å²) < 4.78 is 30.0. The Hall–Kier alpha value is -1.60. The number of halogens is 1. The van der Waals surface area contributed by atoms with E-state index >= 15 is 0 Å². The standard InChI is InChI=1S/C13H16ClN3O3S/c1-3-9-17-12(15-16-13(17)21(14,18)19)10-5-7-11(8-6-10)20-4-2/h5-8H,3-4,9H2,1-2H3. The fourth-order valence-corrected chi connectivity index (χ4v) is 2.90. The number of rotatable bonds is 6. The van der Waals surface area contributed by atoms with Crippen molar-refractivity contribution in [2.45, 2.75) is 32.0 Å². The maximum atomic E-state index is 11.5. The van der Waals surface area contributed by atoms with Gasteiger partial charge in [-0.2, -0.15) is 0 Å². The number of hydrogen-bond acceptors (Lipinski definition) is 5. The van der Waals surface area contributed by atoms with Gasteiger partial charge < -0.3 is 4.74 Å². The van der Waals surface area contributed by atoms with Crippen LogP contribution in [0.3, 0.4) is 0 Å². The van der Waals surface area contributed by atoms with Gasteiger partial charge in [0.2, 0.25) is 0 Å². The van der Waals surface area contributed by atoms with Crippen LogP contribution in [0.1, 0.15) is 20.3 Å². The zero-order valence-electron chi connectivity index (χ0n) is 11.8. The van der Waals surface area contributed by atoms with E-state index in [0.717, 1.165) is 17.7 Å². The number of aromatic nitrogens is 3. The Morgan fingerprint density at radius 2 is 1.86 bits per heavy atom. The van der Waals surface area contributed by atoms with E-state index in [4.69, 9.17) is 15.4 Å². The van der Waals surface area contributed by atoms with Crippen molar-refractivity contribution in [2.24, 2.45) is 0 Å². The van der Waals surface area contributed by atoms with Crippen molar-refractivity contribution < 1.29 is 13.2 Å². The fourth-order valence-electron chi connectivity index (χ4n) is 1.97. The normalized spacial score (nSPS) is 11.6. The van der Waals surface area contributed by atoms with E-state index in [9.17, 15) is 8.42 Å². The van der Waals surface area contributed by atoms with Crippen LogP contribution in [-0.2, 0) is 15.6 Å². The lowest BCUT2D eigenvalue weighted by atomic mass is 10.2. The molecule has 0 aliphatic heterocycles. The van der Waals surface area contributed by atoms with Gasteiger partial charge in [0.05, 0.1) is 6.61 Å². The molecule has 21 heavy (non-hydrogen) atoms. The molecule has 0 amide bonds. The Bertz CT molecular complexity index is 711. The molecule has 2 aromatic rings. The topological polar surface area (TPSA) is 74.1 Å². The minimum absolute atomic E-state index is 0.227. The second-order valence-electron chi connectivity index (χ2n) is 4.35. The van der Waals surface area contributed by atoms with Crippen LogP contribution in [0.15, 0.2) is 29.4 Å². The predicted molar refractivity (Wildman–Crippen MR) is 80.0 cm³/mol. The molecule has 0 saturated carbocycles. The first kappa shape index (κ1) is 15.8. The fraction of sp³-hybridized carbons (Fsp3) is 0.385. The molecule has 114 valence electrons. The van der Waals surface area contributed by atoms with Crippen LogP contribution in [0, 0.1) is 0 Å².